The first-order valence-corrected chi connectivity index (χ1v) is 16.2. The van der Waals surface area contributed by atoms with Gasteiger partial charge in [-0.15, -0.1) is 0 Å². The van der Waals surface area contributed by atoms with Crippen molar-refractivity contribution in [2.24, 2.45) is 0 Å². The fourth-order valence-electron chi connectivity index (χ4n) is 5.68. The number of benzene rings is 1. The molecule has 3 aromatic rings. The summed E-state index contributed by atoms with van der Waals surface area (Å²) in [4.78, 5) is 54.8. The van der Waals surface area contributed by atoms with Gasteiger partial charge in [0, 0.05) is 106 Å². The average Bonchev–Trinajstić information content (AvgIpc) is 3.03. The summed E-state index contributed by atoms with van der Waals surface area (Å²) in [6, 6.07) is 11.6. The van der Waals surface area contributed by atoms with Crippen LogP contribution in [0.25, 0.3) is 11.0 Å². The standard InChI is InChI=1S/C31H40N8O3S/c1-4-27(40)38-17-12-35(23(2)22-38)18-19-39-29(42)10-5-24-21-32-31(34-30(24)39)33-25-6-8-26(9-7-25)36-13-15-37(16-14-36)28(41)11-20-43-3/h4-10,21,23H,1,11-20,22H2,2-3H3,(H,32,33,34)/t23-/m0/s1. The second kappa shape index (κ2) is 14.0. The van der Waals surface area contributed by atoms with Gasteiger partial charge in [0.2, 0.25) is 17.8 Å². The SMILES string of the molecule is C=CC(=O)N1CCN(CCn2c(=O)ccc3cnc(Nc4ccc(N5CCN(C(=O)CCSC)CC5)cc4)nc32)[C@@H](C)C1. The van der Waals surface area contributed by atoms with E-state index in [2.05, 4.69) is 45.7 Å². The molecule has 0 spiro atoms. The van der Waals surface area contributed by atoms with E-state index in [0.29, 0.717) is 44.2 Å². The monoisotopic (exact) mass is 604 g/mol. The minimum atomic E-state index is -0.110. The molecule has 11 nitrogen and oxygen atoms in total. The molecule has 0 bridgehead atoms. The number of carbonyl (C=O) groups is 2. The first-order valence-electron chi connectivity index (χ1n) is 14.8. The van der Waals surface area contributed by atoms with E-state index < -0.39 is 0 Å². The molecule has 2 saturated heterocycles. The van der Waals surface area contributed by atoms with Crippen LogP contribution in [-0.4, -0.2) is 111 Å². The van der Waals surface area contributed by atoms with Gasteiger partial charge in [-0.05, 0) is 49.6 Å². The highest BCUT2D eigenvalue weighted by molar-refractivity contribution is 7.98. The predicted octanol–water partition coefficient (Wildman–Crippen LogP) is 2.66. The van der Waals surface area contributed by atoms with Crippen LogP contribution in [0.5, 0.6) is 0 Å². The third-order valence-electron chi connectivity index (χ3n) is 8.23. The summed E-state index contributed by atoms with van der Waals surface area (Å²) in [6.45, 7) is 12.0. The van der Waals surface area contributed by atoms with Gasteiger partial charge in [0.25, 0.3) is 5.56 Å². The predicted molar refractivity (Wildman–Crippen MR) is 173 cm³/mol. The number of thioether (sulfide) groups is 1. The second-order valence-corrected chi connectivity index (χ2v) is 11.9. The molecule has 2 fully saturated rings. The molecule has 0 saturated carbocycles. The van der Waals surface area contributed by atoms with Crippen molar-refractivity contribution >= 4 is 51.9 Å². The Labute approximate surface area is 256 Å². The lowest BCUT2D eigenvalue weighted by molar-refractivity contribution is -0.131. The number of fused-ring (bicyclic) bond motifs is 1. The van der Waals surface area contributed by atoms with E-state index in [9.17, 15) is 14.4 Å². The third kappa shape index (κ3) is 7.37. The van der Waals surface area contributed by atoms with Gasteiger partial charge in [0.15, 0.2) is 0 Å². The Morgan fingerprint density at radius 1 is 1.02 bits per heavy atom. The number of nitrogens with one attached hydrogen (secondary N) is 1. The van der Waals surface area contributed by atoms with Gasteiger partial charge < -0.3 is 20.0 Å². The van der Waals surface area contributed by atoms with Crippen molar-refractivity contribution in [3.63, 3.8) is 0 Å². The van der Waals surface area contributed by atoms with Crippen LogP contribution in [-0.2, 0) is 16.1 Å². The molecule has 0 radical (unpaired) electrons. The first kappa shape index (κ1) is 30.6. The number of hydrogen-bond acceptors (Lipinski definition) is 9. The molecule has 1 aromatic carbocycles. The van der Waals surface area contributed by atoms with Crippen molar-refractivity contribution in [2.45, 2.75) is 25.9 Å². The fraction of sp³-hybridized carbons (Fsp3) is 0.452. The normalized spacial score (nSPS) is 17.7. The van der Waals surface area contributed by atoms with Gasteiger partial charge >= 0.3 is 0 Å². The number of aromatic nitrogens is 3. The highest BCUT2D eigenvalue weighted by Gasteiger charge is 2.25. The number of pyridine rings is 1. The van der Waals surface area contributed by atoms with Crippen molar-refractivity contribution in [2.75, 3.05) is 74.6 Å². The van der Waals surface area contributed by atoms with Crippen molar-refractivity contribution in [3.05, 3.63) is 65.6 Å². The summed E-state index contributed by atoms with van der Waals surface area (Å²) in [5.41, 5.74) is 2.43. The van der Waals surface area contributed by atoms with E-state index in [-0.39, 0.29) is 23.4 Å². The quantitative estimate of drug-likeness (QED) is 0.350. The molecule has 1 atom stereocenters. The van der Waals surface area contributed by atoms with Crippen molar-refractivity contribution in [1.29, 1.82) is 0 Å². The van der Waals surface area contributed by atoms with Crippen LogP contribution in [0, 0.1) is 0 Å². The zero-order valence-electron chi connectivity index (χ0n) is 24.9. The third-order valence-corrected chi connectivity index (χ3v) is 8.84. The fourth-order valence-corrected chi connectivity index (χ4v) is 6.06. The van der Waals surface area contributed by atoms with Crippen molar-refractivity contribution in [3.8, 4) is 0 Å². The van der Waals surface area contributed by atoms with Crippen LogP contribution >= 0.6 is 11.8 Å². The zero-order valence-corrected chi connectivity index (χ0v) is 25.8. The summed E-state index contributed by atoms with van der Waals surface area (Å²) < 4.78 is 1.70. The molecule has 12 heteroatoms. The Hall–Kier alpha value is -3.90. The molecular weight excluding hydrogens is 564 g/mol. The number of nitrogens with zero attached hydrogens (tertiary/aromatic N) is 7. The van der Waals surface area contributed by atoms with Gasteiger partial charge in [0.05, 0.1) is 0 Å². The van der Waals surface area contributed by atoms with Crippen LogP contribution in [0.1, 0.15) is 13.3 Å². The molecule has 228 valence electrons. The van der Waals surface area contributed by atoms with E-state index in [0.717, 1.165) is 55.2 Å². The zero-order chi connectivity index (χ0) is 30.3. The number of piperazine rings is 2. The van der Waals surface area contributed by atoms with Gasteiger partial charge in [0.1, 0.15) is 5.65 Å². The number of carbonyl (C=O) groups excluding carboxylic acids is 2. The summed E-state index contributed by atoms with van der Waals surface area (Å²) in [5, 5.41) is 4.07. The molecule has 0 unspecified atom stereocenters. The summed E-state index contributed by atoms with van der Waals surface area (Å²) in [7, 11) is 0. The lowest BCUT2D eigenvalue weighted by Gasteiger charge is -2.39. The van der Waals surface area contributed by atoms with Crippen LogP contribution in [0.4, 0.5) is 17.3 Å². The van der Waals surface area contributed by atoms with Crippen molar-refractivity contribution < 1.29 is 9.59 Å². The Balaban J connectivity index is 1.22. The molecule has 1 N–H and O–H groups in total. The van der Waals surface area contributed by atoms with E-state index in [1.54, 1.807) is 34.7 Å². The van der Waals surface area contributed by atoms with Crippen LogP contribution in [0.15, 0.2) is 60.0 Å². The highest BCUT2D eigenvalue weighted by atomic mass is 32.2. The maximum Gasteiger partial charge on any atom is 0.252 e. The maximum absolute atomic E-state index is 12.9. The largest absolute Gasteiger partial charge is 0.368 e. The lowest BCUT2D eigenvalue weighted by Crippen LogP contribution is -2.54. The van der Waals surface area contributed by atoms with Gasteiger partial charge in [-0.1, -0.05) is 6.58 Å². The molecule has 0 aliphatic carbocycles. The Kier molecular flexibility index (Phi) is 9.98. The van der Waals surface area contributed by atoms with E-state index in [4.69, 9.17) is 4.98 Å². The minimum Gasteiger partial charge on any atom is -0.368 e. The van der Waals surface area contributed by atoms with E-state index in [1.165, 1.54) is 6.08 Å². The number of amides is 2. The molecule has 2 aliphatic heterocycles. The molecular formula is C31H40N8O3S. The Morgan fingerprint density at radius 3 is 2.47 bits per heavy atom. The van der Waals surface area contributed by atoms with Gasteiger partial charge in [-0.25, -0.2) is 4.98 Å². The summed E-state index contributed by atoms with van der Waals surface area (Å²) >= 11 is 1.70. The second-order valence-electron chi connectivity index (χ2n) is 11.0. The minimum absolute atomic E-state index is 0.0452. The Bertz CT molecular complexity index is 1500. The molecule has 5 rings (SSSR count). The summed E-state index contributed by atoms with van der Waals surface area (Å²) in [5.74, 6) is 1.48. The first-order chi connectivity index (χ1) is 20.9. The molecule has 4 heterocycles. The van der Waals surface area contributed by atoms with Crippen LogP contribution in [0.3, 0.4) is 0 Å². The number of hydrogen-bond donors (Lipinski definition) is 1. The molecule has 2 aromatic heterocycles. The van der Waals surface area contributed by atoms with Crippen molar-refractivity contribution in [1.82, 2.24) is 29.2 Å². The molecule has 2 amide bonds. The van der Waals surface area contributed by atoms with Crippen LogP contribution in [0.2, 0.25) is 0 Å². The smallest absolute Gasteiger partial charge is 0.252 e. The topological polar surface area (TPSA) is 107 Å². The lowest BCUT2D eigenvalue weighted by atomic mass is 10.2. The van der Waals surface area contributed by atoms with Gasteiger partial charge in [-0.2, -0.15) is 16.7 Å². The van der Waals surface area contributed by atoms with E-state index >= 15 is 0 Å². The summed E-state index contributed by atoms with van der Waals surface area (Å²) in [6.07, 6.45) is 5.72. The number of rotatable bonds is 10. The average molecular weight is 605 g/mol. The number of anilines is 3. The van der Waals surface area contributed by atoms with E-state index in [1.807, 2.05) is 28.2 Å². The highest BCUT2D eigenvalue weighted by Crippen LogP contribution is 2.22. The van der Waals surface area contributed by atoms with Gasteiger partial charge in [-0.3, -0.25) is 23.9 Å². The Morgan fingerprint density at radius 2 is 1.77 bits per heavy atom. The van der Waals surface area contributed by atoms with Crippen LogP contribution < -0.4 is 15.8 Å². The molecule has 2 aliphatic rings. The maximum atomic E-state index is 12.9. The molecule has 43 heavy (non-hydrogen) atoms.